The van der Waals surface area contributed by atoms with Crippen LogP contribution in [-0.4, -0.2) is 12.5 Å². The molecule has 1 saturated heterocycles. The van der Waals surface area contributed by atoms with Gasteiger partial charge < -0.3 is 4.65 Å². The summed E-state index contributed by atoms with van der Waals surface area (Å²) in [5.41, 5.74) is 1.19. The van der Waals surface area contributed by atoms with E-state index < -0.39 is 0 Å². The van der Waals surface area contributed by atoms with Crippen molar-refractivity contribution in [3.05, 3.63) is 41.9 Å². The van der Waals surface area contributed by atoms with Crippen LogP contribution in [0.1, 0.15) is 73.6 Å². The largest absolute Gasteiger partial charge is 0.425 e. The van der Waals surface area contributed by atoms with E-state index in [4.69, 9.17) is 16.3 Å². The standard InChI is InChI=1S/C13H18BClO.C7H14.C3H6/c1-12(2)9-14(16-13(12,3)4)10-7-5-6-8-11(10)15;1-7-5-3-2-4-6-7;1-3-2/h5-8H,9H2,1-4H3;7H,2-6H2,1H3;3H,1H2,2H3. The molecule has 2 fully saturated rings. The summed E-state index contributed by atoms with van der Waals surface area (Å²) in [7, 11) is 0. The normalized spacial score (nSPS) is 21.1. The van der Waals surface area contributed by atoms with Gasteiger partial charge in [-0.15, -0.1) is 6.58 Å². The van der Waals surface area contributed by atoms with Crippen molar-refractivity contribution in [2.24, 2.45) is 11.3 Å². The lowest BCUT2D eigenvalue weighted by molar-refractivity contribution is 0.0375. The zero-order chi connectivity index (χ0) is 19.8. The number of hydrogen-bond acceptors (Lipinski definition) is 1. The number of hydrogen-bond donors (Lipinski definition) is 0. The van der Waals surface area contributed by atoms with E-state index in [1.54, 1.807) is 6.08 Å². The molecule has 2 aliphatic rings. The molecular formula is C23H38BClO. The van der Waals surface area contributed by atoms with Crippen molar-refractivity contribution < 1.29 is 4.65 Å². The molecule has 146 valence electrons. The fraction of sp³-hybridized carbons (Fsp3) is 0.652. The fourth-order valence-electron chi connectivity index (χ4n) is 3.48. The molecule has 0 atom stereocenters. The number of allylic oxidation sites excluding steroid dienone is 1. The van der Waals surface area contributed by atoms with Crippen molar-refractivity contribution in [3.8, 4) is 0 Å². The van der Waals surface area contributed by atoms with Crippen molar-refractivity contribution in [2.75, 3.05) is 0 Å². The molecule has 0 N–H and O–H groups in total. The lowest BCUT2D eigenvalue weighted by Crippen LogP contribution is -2.36. The van der Waals surface area contributed by atoms with Crippen LogP contribution in [0.5, 0.6) is 0 Å². The third-order valence-electron chi connectivity index (χ3n) is 5.91. The molecule has 0 amide bonds. The summed E-state index contributed by atoms with van der Waals surface area (Å²) in [5.74, 6) is 1.04. The van der Waals surface area contributed by atoms with Gasteiger partial charge in [-0.2, -0.15) is 0 Å². The van der Waals surface area contributed by atoms with E-state index in [1.807, 2.05) is 25.1 Å². The fourth-order valence-corrected chi connectivity index (χ4v) is 3.74. The summed E-state index contributed by atoms with van der Waals surface area (Å²) in [6.07, 6.45) is 10.2. The summed E-state index contributed by atoms with van der Waals surface area (Å²) >= 11 is 6.21. The minimum Gasteiger partial charge on any atom is -0.425 e. The average Bonchev–Trinajstić information content (AvgIpc) is 2.78. The highest BCUT2D eigenvalue weighted by molar-refractivity contribution is 6.71. The van der Waals surface area contributed by atoms with Crippen molar-refractivity contribution in [3.63, 3.8) is 0 Å². The van der Waals surface area contributed by atoms with Gasteiger partial charge >= 0.3 is 6.92 Å². The Morgan fingerprint density at radius 1 is 1.12 bits per heavy atom. The van der Waals surface area contributed by atoms with Gasteiger partial charge in [-0.25, -0.2) is 0 Å². The Kier molecular flexibility index (Phi) is 9.48. The van der Waals surface area contributed by atoms with Crippen LogP contribution in [0.2, 0.25) is 11.3 Å². The van der Waals surface area contributed by atoms with E-state index >= 15 is 0 Å². The molecule has 1 heterocycles. The quantitative estimate of drug-likeness (QED) is 0.373. The Hall–Kier alpha value is -0.725. The van der Waals surface area contributed by atoms with E-state index in [9.17, 15) is 0 Å². The maximum absolute atomic E-state index is 6.21. The lowest BCUT2D eigenvalue weighted by Gasteiger charge is -2.34. The van der Waals surface area contributed by atoms with Crippen LogP contribution < -0.4 is 5.46 Å². The topological polar surface area (TPSA) is 9.23 Å². The molecule has 1 aromatic rings. The first-order valence-electron chi connectivity index (χ1n) is 10.1. The number of benzene rings is 1. The van der Waals surface area contributed by atoms with Crippen LogP contribution in [0.15, 0.2) is 36.9 Å². The highest BCUT2D eigenvalue weighted by Crippen LogP contribution is 2.45. The number of halogens is 1. The van der Waals surface area contributed by atoms with Crippen LogP contribution in [0, 0.1) is 11.3 Å². The van der Waals surface area contributed by atoms with Gasteiger partial charge in [-0.05, 0) is 50.0 Å². The number of rotatable bonds is 1. The van der Waals surface area contributed by atoms with Crippen LogP contribution >= 0.6 is 11.6 Å². The van der Waals surface area contributed by atoms with Crippen molar-refractivity contribution in [1.29, 1.82) is 0 Å². The Balaban J connectivity index is 0.000000280. The molecule has 0 spiro atoms. The van der Waals surface area contributed by atoms with Crippen molar-refractivity contribution >= 4 is 24.0 Å². The highest BCUT2D eigenvalue weighted by Gasteiger charge is 2.50. The summed E-state index contributed by atoms with van der Waals surface area (Å²) in [5, 5.41) is 0.806. The molecule has 3 heteroatoms. The summed E-state index contributed by atoms with van der Waals surface area (Å²) in [6, 6.07) is 7.96. The molecule has 1 saturated carbocycles. The van der Waals surface area contributed by atoms with E-state index in [0.717, 1.165) is 22.7 Å². The zero-order valence-corrected chi connectivity index (χ0v) is 18.5. The van der Waals surface area contributed by atoms with E-state index in [0.29, 0.717) is 0 Å². The molecule has 3 rings (SSSR count). The first-order chi connectivity index (χ1) is 12.1. The van der Waals surface area contributed by atoms with Crippen molar-refractivity contribution in [2.45, 2.75) is 85.6 Å². The lowest BCUT2D eigenvalue weighted by atomic mass is 9.54. The maximum Gasteiger partial charge on any atom is 0.329 e. The van der Waals surface area contributed by atoms with Gasteiger partial charge in [0.2, 0.25) is 0 Å². The predicted molar refractivity (Wildman–Crippen MR) is 119 cm³/mol. The van der Waals surface area contributed by atoms with Gasteiger partial charge in [0.15, 0.2) is 0 Å². The van der Waals surface area contributed by atoms with Gasteiger partial charge in [-0.3, -0.25) is 0 Å². The first kappa shape index (κ1) is 23.3. The van der Waals surface area contributed by atoms with Crippen molar-refractivity contribution in [1.82, 2.24) is 0 Å². The molecule has 0 unspecified atom stereocenters. The second kappa shape index (κ2) is 10.6. The molecule has 1 aliphatic carbocycles. The van der Waals surface area contributed by atoms with E-state index in [1.165, 1.54) is 32.1 Å². The average molecular weight is 377 g/mol. The Morgan fingerprint density at radius 3 is 2.04 bits per heavy atom. The monoisotopic (exact) mass is 376 g/mol. The second-order valence-corrected chi connectivity index (χ2v) is 9.28. The smallest absolute Gasteiger partial charge is 0.329 e. The van der Waals surface area contributed by atoms with E-state index in [-0.39, 0.29) is 17.9 Å². The summed E-state index contributed by atoms with van der Waals surface area (Å²) < 4.78 is 6.15. The second-order valence-electron chi connectivity index (χ2n) is 8.88. The van der Waals surface area contributed by atoms with Crippen LogP contribution in [0.3, 0.4) is 0 Å². The Morgan fingerprint density at radius 2 is 1.65 bits per heavy atom. The van der Waals surface area contributed by atoms with Crippen LogP contribution in [0.4, 0.5) is 0 Å². The third kappa shape index (κ3) is 6.78. The molecule has 1 aromatic carbocycles. The molecule has 0 aromatic heterocycles. The molecule has 1 aliphatic heterocycles. The van der Waals surface area contributed by atoms with Crippen LogP contribution in [-0.2, 0) is 4.65 Å². The van der Waals surface area contributed by atoms with Gasteiger partial charge in [-0.1, -0.05) is 88.8 Å². The maximum atomic E-state index is 6.21. The van der Waals surface area contributed by atoms with Gasteiger partial charge in [0.05, 0.1) is 5.60 Å². The summed E-state index contributed by atoms with van der Waals surface area (Å²) in [4.78, 5) is 0. The SMILES string of the molecule is C=CC.CC1(C)CB(c2ccccc2Cl)OC1(C)C.CC1CCCCC1. The molecule has 0 radical (unpaired) electrons. The van der Waals surface area contributed by atoms with E-state index in [2.05, 4.69) is 47.3 Å². The summed E-state index contributed by atoms with van der Waals surface area (Å²) in [6.45, 7) is 16.6. The molecule has 0 bridgehead atoms. The van der Waals surface area contributed by atoms with Crippen LogP contribution in [0.25, 0.3) is 0 Å². The van der Waals surface area contributed by atoms with Gasteiger partial charge in [0, 0.05) is 5.02 Å². The third-order valence-corrected chi connectivity index (χ3v) is 6.25. The molecular weight excluding hydrogens is 339 g/mol. The zero-order valence-electron chi connectivity index (χ0n) is 17.8. The first-order valence-corrected chi connectivity index (χ1v) is 10.5. The highest BCUT2D eigenvalue weighted by atomic mass is 35.5. The van der Waals surface area contributed by atoms with Gasteiger partial charge in [0.25, 0.3) is 0 Å². The van der Waals surface area contributed by atoms with Gasteiger partial charge in [0.1, 0.15) is 0 Å². The minimum atomic E-state index is -0.100. The minimum absolute atomic E-state index is 0.100. The Labute approximate surface area is 167 Å². The Bertz CT molecular complexity index is 531. The predicted octanol–water partition coefficient (Wildman–Crippen LogP) is 7.15. The molecule has 26 heavy (non-hydrogen) atoms. The molecule has 1 nitrogen and oxygen atoms in total.